The Morgan fingerprint density at radius 1 is 1.13 bits per heavy atom. The second-order valence-corrected chi connectivity index (χ2v) is 9.46. The van der Waals surface area contributed by atoms with Crippen molar-refractivity contribution in [3.63, 3.8) is 0 Å². The average Bonchev–Trinajstić information content (AvgIpc) is 3.42. The second kappa shape index (κ2) is 11.7. The number of halogens is 1. The first-order valence-electron chi connectivity index (χ1n) is 12.4. The minimum atomic E-state index is -0.789. The molecule has 0 atom stereocenters. The molecular weight excluding hydrogens is 505 g/mol. The Kier molecular flexibility index (Phi) is 7.92. The standard InChI is InChI=1S/C28H28FN5O5/c1-28(15-31-25(36)19-5-3-2-4-6-19)16-38-26(39-17-28)24-33-22(18-7-9-20(29)10-8-18)23(34-24)21-11-12-30-27(32-21)37-14-13-35/h2-12,26,35H,13-17H2,1H3,(H,31,36)(H,33,34). The highest BCUT2D eigenvalue weighted by Crippen LogP contribution is 2.35. The number of hydrogen-bond acceptors (Lipinski definition) is 8. The van der Waals surface area contributed by atoms with Crippen molar-refractivity contribution in [2.24, 2.45) is 5.41 Å². The monoisotopic (exact) mass is 533 g/mol. The predicted octanol–water partition coefficient (Wildman–Crippen LogP) is 3.53. The molecule has 0 aliphatic carbocycles. The summed E-state index contributed by atoms with van der Waals surface area (Å²) >= 11 is 0. The second-order valence-electron chi connectivity index (χ2n) is 9.46. The maximum Gasteiger partial charge on any atom is 0.317 e. The number of carbonyl (C=O) groups is 1. The molecule has 1 aliphatic heterocycles. The highest BCUT2D eigenvalue weighted by molar-refractivity contribution is 5.94. The van der Waals surface area contributed by atoms with Gasteiger partial charge in [0, 0.05) is 29.3 Å². The first-order valence-corrected chi connectivity index (χ1v) is 12.4. The predicted molar refractivity (Wildman–Crippen MR) is 139 cm³/mol. The lowest BCUT2D eigenvalue weighted by Crippen LogP contribution is -2.45. The number of benzene rings is 2. The molecular formula is C28H28FN5O5. The molecule has 0 spiro atoms. The van der Waals surface area contributed by atoms with Crippen LogP contribution in [0, 0.1) is 11.2 Å². The van der Waals surface area contributed by atoms with Crippen molar-refractivity contribution in [1.82, 2.24) is 25.3 Å². The molecule has 1 aliphatic rings. The first kappa shape index (κ1) is 26.4. The van der Waals surface area contributed by atoms with E-state index in [1.807, 2.05) is 25.1 Å². The normalized spacial score (nSPS) is 19.0. The minimum Gasteiger partial charge on any atom is -0.461 e. The van der Waals surface area contributed by atoms with Crippen LogP contribution in [0.4, 0.5) is 4.39 Å². The Morgan fingerprint density at radius 2 is 1.87 bits per heavy atom. The van der Waals surface area contributed by atoms with Crippen molar-refractivity contribution < 1.29 is 28.5 Å². The Morgan fingerprint density at radius 3 is 2.59 bits per heavy atom. The molecule has 2 aromatic heterocycles. The Balaban J connectivity index is 1.34. The van der Waals surface area contributed by atoms with Crippen LogP contribution in [0.1, 0.15) is 29.4 Å². The lowest BCUT2D eigenvalue weighted by atomic mass is 9.92. The molecule has 39 heavy (non-hydrogen) atoms. The van der Waals surface area contributed by atoms with Crippen LogP contribution in [0.2, 0.25) is 0 Å². The molecule has 3 heterocycles. The van der Waals surface area contributed by atoms with E-state index in [0.717, 1.165) is 0 Å². The number of amides is 1. The van der Waals surface area contributed by atoms with Gasteiger partial charge in [-0.05, 0) is 42.5 Å². The van der Waals surface area contributed by atoms with E-state index in [0.29, 0.717) is 53.8 Å². The topological polar surface area (TPSA) is 131 Å². The van der Waals surface area contributed by atoms with E-state index in [1.165, 1.54) is 18.3 Å². The van der Waals surface area contributed by atoms with Crippen LogP contribution in [-0.4, -0.2) is 63.9 Å². The minimum absolute atomic E-state index is 0.0524. The molecule has 11 heteroatoms. The number of aromatic amines is 1. The lowest BCUT2D eigenvalue weighted by Gasteiger charge is -2.36. The highest BCUT2D eigenvalue weighted by Gasteiger charge is 2.35. The van der Waals surface area contributed by atoms with Gasteiger partial charge in [0.05, 0.1) is 36.9 Å². The molecule has 5 rings (SSSR count). The third-order valence-corrected chi connectivity index (χ3v) is 6.15. The van der Waals surface area contributed by atoms with Gasteiger partial charge in [-0.25, -0.2) is 14.4 Å². The zero-order valence-electron chi connectivity index (χ0n) is 21.3. The molecule has 1 fully saturated rings. The van der Waals surface area contributed by atoms with Crippen LogP contribution in [0.25, 0.3) is 22.6 Å². The van der Waals surface area contributed by atoms with Gasteiger partial charge in [-0.1, -0.05) is 25.1 Å². The summed E-state index contributed by atoms with van der Waals surface area (Å²) in [5.74, 6) is -0.114. The quantitative estimate of drug-likeness (QED) is 0.298. The van der Waals surface area contributed by atoms with Crippen LogP contribution in [0.5, 0.6) is 6.01 Å². The van der Waals surface area contributed by atoms with Gasteiger partial charge in [0.1, 0.15) is 12.4 Å². The van der Waals surface area contributed by atoms with Gasteiger partial charge in [-0.2, -0.15) is 4.98 Å². The highest BCUT2D eigenvalue weighted by atomic mass is 19.1. The molecule has 202 valence electrons. The van der Waals surface area contributed by atoms with Crippen molar-refractivity contribution in [2.45, 2.75) is 13.2 Å². The summed E-state index contributed by atoms with van der Waals surface area (Å²) in [4.78, 5) is 28.9. The van der Waals surface area contributed by atoms with Crippen LogP contribution in [-0.2, 0) is 9.47 Å². The number of aliphatic hydroxyl groups excluding tert-OH is 1. The number of carbonyl (C=O) groups excluding carboxylic acids is 1. The summed E-state index contributed by atoms with van der Waals surface area (Å²) in [5.41, 5.74) is 2.36. The number of aliphatic hydroxyl groups is 1. The third-order valence-electron chi connectivity index (χ3n) is 6.15. The number of ether oxygens (including phenoxy) is 3. The van der Waals surface area contributed by atoms with E-state index < -0.39 is 11.7 Å². The van der Waals surface area contributed by atoms with Crippen LogP contribution in [0.3, 0.4) is 0 Å². The fourth-order valence-corrected chi connectivity index (χ4v) is 4.08. The summed E-state index contributed by atoms with van der Waals surface area (Å²) < 4.78 is 31.1. The SMILES string of the molecule is CC1(CNC(=O)c2ccccc2)COC(c2nc(-c3ccc(F)cc3)c(-c3ccnc(OCCO)n3)[nH]2)OC1. The molecule has 0 bridgehead atoms. The molecule has 4 aromatic rings. The zero-order valence-corrected chi connectivity index (χ0v) is 21.3. The fourth-order valence-electron chi connectivity index (χ4n) is 4.08. The molecule has 1 amide bonds. The van der Waals surface area contributed by atoms with E-state index in [1.54, 1.807) is 30.3 Å². The molecule has 0 unspecified atom stereocenters. The Labute approximate surface area is 224 Å². The summed E-state index contributed by atoms with van der Waals surface area (Å²) in [6, 6.07) is 16.7. The van der Waals surface area contributed by atoms with Gasteiger partial charge in [-0.15, -0.1) is 0 Å². The van der Waals surface area contributed by atoms with E-state index in [9.17, 15) is 9.18 Å². The number of nitrogens with zero attached hydrogens (tertiary/aromatic N) is 3. The average molecular weight is 534 g/mol. The molecule has 10 nitrogen and oxygen atoms in total. The number of imidazole rings is 1. The van der Waals surface area contributed by atoms with Crippen LogP contribution < -0.4 is 10.1 Å². The lowest BCUT2D eigenvalue weighted by molar-refractivity contribution is -0.231. The maximum absolute atomic E-state index is 13.6. The summed E-state index contributed by atoms with van der Waals surface area (Å²) in [6.07, 6.45) is 0.745. The van der Waals surface area contributed by atoms with Gasteiger partial charge < -0.3 is 29.6 Å². The number of H-pyrrole nitrogens is 1. The first-order chi connectivity index (χ1) is 18.9. The van der Waals surface area contributed by atoms with E-state index in [4.69, 9.17) is 24.3 Å². The van der Waals surface area contributed by atoms with Gasteiger partial charge in [0.2, 0.25) is 6.29 Å². The smallest absolute Gasteiger partial charge is 0.317 e. The number of hydrogen-bond donors (Lipinski definition) is 3. The van der Waals surface area contributed by atoms with Crippen molar-refractivity contribution >= 4 is 5.91 Å². The van der Waals surface area contributed by atoms with E-state index in [-0.39, 0.29) is 30.9 Å². The van der Waals surface area contributed by atoms with E-state index >= 15 is 0 Å². The summed E-state index contributed by atoms with van der Waals surface area (Å²) in [7, 11) is 0. The molecule has 0 radical (unpaired) electrons. The van der Waals surface area contributed by atoms with Gasteiger partial charge in [0.15, 0.2) is 5.82 Å². The fraction of sp³-hybridized carbons (Fsp3) is 0.286. The zero-order chi connectivity index (χ0) is 27.2. The molecule has 1 saturated heterocycles. The molecule has 0 saturated carbocycles. The Bertz CT molecular complexity index is 1410. The van der Waals surface area contributed by atoms with E-state index in [2.05, 4.69) is 20.3 Å². The number of nitrogens with one attached hydrogen (secondary N) is 2. The van der Waals surface area contributed by atoms with Gasteiger partial charge >= 0.3 is 6.01 Å². The van der Waals surface area contributed by atoms with Gasteiger partial charge in [0.25, 0.3) is 5.91 Å². The van der Waals surface area contributed by atoms with Crippen molar-refractivity contribution in [2.75, 3.05) is 33.0 Å². The largest absolute Gasteiger partial charge is 0.461 e. The van der Waals surface area contributed by atoms with Crippen molar-refractivity contribution in [1.29, 1.82) is 0 Å². The van der Waals surface area contributed by atoms with Crippen molar-refractivity contribution in [3.8, 4) is 28.7 Å². The number of aromatic nitrogens is 4. The Hall–Kier alpha value is -4.19. The van der Waals surface area contributed by atoms with Crippen LogP contribution >= 0.6 is 0 Å². The molecule has 3 N–H and O–H groups in total. The maximum atomic E-state index is 13.6. The third kappa shape index (κ3) is 6.28. The number of rotatable bonds is 9. The molecule has 2 aromatic carbocycles. The summed E-state index contributed by atoms with van der Waals surface area (Å²) in [6.45, 7) is 2.86. The van der Waals surface area contributed by atoms with Gasteiger partial charge in [-0.3, -0.25) is 4.79 Å². The van der Waals surface area contributed by atoms with Crippen LogP contribution in [0.15, 0.2) is 66.9 Å². The summed E-state index contributed by atoms with van der Waals surface area (Å²) in [5, 5.41) is 12.0. The van der Waals surface area contributed by atoms with Crippen molar-refractivity contribution in [3.05, 3.63) is 84.1 Å².